The van der Waals surface area contributed by atoms with E-state index in [-0.39, 0.29) is 5.69 Å². The SMILES string of the molecule is CS(=O)CCCNc1ccc([N+](=O)[O-])cc1. The van der Waals surface area contributed by atoms with Gasteiger partial charge in [-0.3, -0.25) is 14.3 Å². The summed E-state index contributed by atoms with van der Waals surface area (Å²) in [6, 6.07) is 6.25. The Kier molecular flexibility index (Phi) is 4.91. The topological polar surface area (TPSA) is 72.2 Å². The molecule has 0 aliphatic heterocycles. The van der Waals surface area contributed by atoms with Crippen LogP contribution in [0.3, 0.4) is 0 Å². The van der Waals surface area contributed by atoms with Crippen molar-refractivity contribution in [1.82, 2.24) is 0 Å². The fourth-order valence-electron chi connectivity index (χ4n) is 1.21. The summed E-state index contributed by atoms with van der Waals surface area (Å²) in [6.45, 7) is 0.720. The molecule has 1 aromatic rings. The van der Waals surface area contributed by atoms with Crippen LogP contribution >= 0.6 is 0 Å². The zero-order valence-corrected chi connectivity index (χ0v) is 9.83. The van der Waals surface area contributed by atoms with Gasteiger partial charge in [0.25, 0.3) is 5.69 Å². The Bertz CT molecular complexity index is 378. The highest BCUT2D eigenvalue weighted by atomic mass is 32.2. The van der Waals surface area contributed by atoms with Gasteiger partial charge in [0.1, 0.15) is 0 Å². The van der Waals surface area contributed by atoms with E-state index in [9.17, 15) is 14.3 Å². The average Bonchev–Trinajstić information content (AvgIpc) is 2.25. The Morgan fingerprint density at radius 2 is 2.00 bits per heavy atom. The zero-order chi connectivity index (χ0) is 12.0. The lowest BCUT2D eigenvalue weighted by Gasteiger charge is -2.04. The minimum Gasteiger partial charge on any atom is -0.385 e. The van der Waals surface area contributed by atoms with Crippen molar-refractivity contribution in [3.63, 3.8) is 0 Å². The number of hydrogen-bond acceptors (Lipinski definition) is 4. The lowest BCUT2D eigenvalue weighted by atomic mass is 10.3. The van der Waals surface area contributed by atoms with Crippen LogP contribution in [0.5, 0.6) is 0 Å². The molecular weight excluding hydrogens is 228 g/mol. The lowest BCUT2D eigenvalue weighted by molar-refractivity contribution is -0.384. The van der Waals surface area contributed by atoms with Gasteiger partial charge in [-0.05, 0) is 18.6 Å². The van der Waals surface area contributed by atoms with E-state index < -0.39 is 15.7 Å². The summed E-state index contributed by atoms with van der Waals surface area (Å²) >= 11 is 0. The van der Waals surface area contributed by atoms with Gasteiger partial charge in [-0.1, -0.05) is 0 Å². The van der Waals surface area contributed by atoms with Gasteiger partial charge in [0.15, 0.2) is 0 Å². The Morgan fingerprint density at radius 3 is 2.50 bits per heavy atom. The average molecular weight is 242 g/mol. The van der Waals surface area contributed by atoms with Crippen molar-refractivity contribution in [3.05, 3.63) is 34.4 Å². The molecule has 0 fully saturated rings. The second kappa shape index (κ2) is 6.22. The first-order valence-corrected chi connectivity index (χ1v) is 6.60. The smallest absolute Gasteiger partial charge is 0.269 e. The molecule has 1 aromatic carbocycles. The van der Waals surface area contributed by atoms with Gasteiger partial charge in [0, 0.05) is 47.2 Å². The van der Waals surface area contributed by atoms with Crippen molar-refractivity contribution in [3.8, 4) is 0 Å². The van der Waals surface area contributed by atoms with E-state index in [0.717, 1.165) is 18.7 Å². The molecule has 88 valence electrons. The Morgan fingerprint density at radius 1 is 1.38 bits per heavy atom. The first kappa shape index (κ1) is 12.6. The van der Waals surface area contributed by atoms with Gasteiger partial charge in [-0.15, -0.1) is 0 Å². The van der Waals surface area contributed by atoms with Crippen molar-refractivity contribution in [2.24, 2.45) is 0 Å². The summed E-state index contributed by atoms with van der Waals surface area (Å²) in [6.07, 6.45) is 2.49. The summed E-state index contributed by atoms with van der Waals surface area (Å²) in [5.74, 6) is 0.667. The number of nitrogens with one attached hydrogen (secondary N) is 1. The Labute approximate surface area is 96.5 Å². The maximum atomic E-state index is 10.8. The molecule has 1 unspecified atom stereocenters. The fraction of sp³-hybridized carbons (Fsp3) is 0.400. The molecule has 0 aromatic heterocycles. The highest BCUT2D eigenvalue weighted by molar-refractivity contribution is 7.84. The standard InChI is InChI=1S/C10H14N2O3S/c1-16(15)8-2-7-11-9-3-5-10(6-4-9)12(13)14/h3-6,11H,2,7-8H2,1H3. The van der Waals surface area contributed by atoms with Crippen LogP contribution in [0, 0.1) is 10.1 Å². The number of nitro groups is 1. The fourth-order valence-corrected chi connectivity index (χ4v) is 1.76. The van der Waals surface area contributed by atoms with E-state index in [1.807, 2.05) is 0 Å². The molecule has 0 heterocycles. The van der Waals surface area contributed by atoms with Crippen LogP contribution in [0.4, 0.5) is 11.4 Å². The molecule has 6 heteroatoms. The second-order valence-corrected chi connectivity index (χ2v) is 4.92. The third-order valence-electron chi connectivity index (χ3n) is 2.02. The molecule has 0 saturated carbocycles. The summed E-state index contributed by atoms with van der Waals surface area (Å²) in [5, 5.41) is 13.5. The maximum Gasteiger partial charge on any atom is 0.269 e. The van der Waals surface area contributed by atoms with E-state index >= 15 is 0 Å². The number of non-ortho nitro benzene ring substituents is 1. The molecule has 0 radical (unpaired) electrons. The van der Waals surface area contributed by atoms with Crippen molar-refractivity contribution >= 4 is 22.2 Å². The highest BCUT2D eigenvalue weighted by Gasteiger charge is 2.03. The van der Waals surface area contributed by atoms with Crippen LogP contribution in [0.15, 0.2) is 24.3 Å². The predicted octanol–water partition coefficient (Wildman–Crippen LogP) is 1.78. The van der Waals surface area contributed by atoms with Crippen molar-refractivity contribution < 1.29 is 9.13 Å². The molecule has 16 heavy (non-hydrogen) atoms. The van der Waals surface area contributed by atoms with Gasteiger partial charge in [0.2, 0.25) is 0 Å². The van der Waals surface area contributed by atoms with Crippen LogP contribution in [0.1, 0.15) is 6.42 Å². The zero-order valence-electron chi connectivity index (χ0n) is 9.01. The predicted molar refractivity (Wildman–Crippen MR) is 65.1 cm³/mol. The molecule has 1 N–H and O–H groups in total. The van der Waals surface area contributed by atoms with Crippen molar-refractivity contribution in [2.75, 3.05) is 23.9 Å². The number of nitrogens with zero attached hydrogens (tertiary/aromatic N) is 1. The van der Waals surface area contributed by atoms with Gasteiger partial charge in [0.05, 0.1) is 4.92 Å². The van der Waals surface area contributed by atoms with E-state index in [4.69, 9.17) is 0 Å². The van der Waals surface area contributed by atoms with Crippen LogP contribution in [0.25, 0.3) is 0 Å². The van der Waals surface area contributed by atoms with E-state index in [0.29, 0.717) is 5.75 Å². The largest absolute Gasteiger partial charge is 0.385 e. The summed E-state index contributed by atoms with van der Waals surface area (Å²) in [7, 11) is -0.763. The van der Waals surface area contributed by atoms with E-state index in [1.165, 1.54) is 12.1 Å². The highest BCUT2D eigenvalue weighted by Crippen LogP contribution is 2.15. The van der Waals surface area contributed by atoms with Crippen LogP contribution < -0.4 is 5.32 Å². The van der Waals surface area contributed by atoms with Crippen molar-refractivity contribution in [1.29, 1.82) is 0 Å². The summed E-state index contributed by atoms with van der Waals surface area (Å²) in [5.41, 5.74) is 0.924. The van der Waals surface area contributed by atoms with E-state index in [2.05, 4.69) is 5.32 Å². The quantitative estimate of drug-likeness (QED) is 0.469. The molecule has 1 rings (SSSR count). The molecule has 0 aliphatic carbocycles. The molecule has 5 nitrogen and oxygen atoms in total. The molecule has 0 aliphatic rings. The van der Waals surface area contributed by atoms with Crippen LogP contribution in [-0.4, -0.2) is 27.7 Å². The van der Waals surface area contributed by atoms with Crippen LogP contribution in [0.2, 0.25) is 0 Å². The molecule has 0 bridgehead atoms. The molecule has 0 amide bonds. The number of rotatable bonds is 6. The lowest BCUT2D eigenvalue weighted by Crippen LogP contribution is -2.05. The Hall–Kier alpha value is -1.43. The third kappa shape index (κ3) is 4.39. The molecule has 0 saturated heterocycles. The second-order valence-electron chi connectivity index (χ2n) is 3.36. The number of benzene rings is 1. The van der Waals surface area contributed by atoms with E-state index in [1.54, 1.807) is 18.4 Å². The third-order valence-corrected chi connectivity index (χ3v) is 2.88. The number of hydrogen-bond donors (Lipinski definition) is 1. The molecule has 0 spiro atoms. The Balaban J connectivity index is 2.38. The van der Waals surface area contributed by atoms with Gasteiger partial charge < -0.3 is 5.32 Å². The minimum atomic E-state index is -0.763. The first-order chi connectivity index (χ1) is 7.59. The van der Waals surface area contributed by atoms with Gasteiger partial charge >= 0.3 is 0 Å². The normalized spacial score (nSPS) is 12.1. The van der Waals surface area contributed by atoms with Crippen molar-refractivity contribution in [2.45, 2.75) is 6.42 Å². The van der Waals surface area contributed by atoms with Gasteiger partial charge in [-0.2, -0.15) is 0 Å². The first-order valence-electron chi connectivity index (χ1n) is 4.88. The number of nitro benzene ring substituents is 1. The summed E-state index contributed by atoms with van der Waals surface area (Å²) in [4.78, 5) is 9.97. The summed E-state index contributed by atoms with van der Waals surface area (Å²) < 4.78 is 10.8. The number of anilines is 1. The minimum absolute atomic E-state index is 0.0835. The van der Waals surface area contributed by atoms with Gasteiger partial charge in [-0.25, -0.2) is 0 Å². The maximum absolute atomic E-state index is 10.8. The van der Waals surface area contributed by atoms with Crippen LogP contribution in [-0.2, 0) is 10.8 Å². The molecular formula is C10H14N2O3S. The monoisotopic (exact) mass is 242 g/mol. The molecule has 1 atom stereocenters.